The number of hydrogen-bond donors (Lipinski definition) is 1. The molecule has 0 saturated heterocycles. The van der Waals surface area contributed by atoms with Crippen molar-refractivity contribution >= 4 is 22.9 Å². The summed E-state index contributed by atoms with van der Waals surface area (Å²) in [6.07, 6.45) is 7.11. The third-order valence-electron chi connectivity index (χ3n) is 2.36. The van der Waals surface area contributed by atoms with Crippen LogP contribution in [0.2, 0.25) is 0 Å². The fourth-order valence-electron chi connectivity index (χ4n) is 1.68. The van der Waals surface area contributed by atoms with Gasteiger partial charge in [-0.05, 0) is 12.2 Å². The summed E-state index contributed by atoms with van der Waals surface area (Å²) in [5, 5.41) is 0. The molecule has 0 aromatic carbocycles. The first-order valence-electron chi connectivity index (χ1n) is 4.36. The predicted molar refractivity (Wildman–Crippen MR) is 51.6 cm³/mol. The third-order valence-corrected chi connectivity index (χ3v) is 2.36. The molecule has 1 N–H and O–H groups in total. The van der Waals surface area contributed by atoms with E-state index in [-0.39, 0.29) is 5.78 Å². The van der Waals surface area contributed by atoms with Crippen LogP contribution in [0, 0.1) is 0 Å². The minimum absolute atomic E-state index is 0.0971. The molecule has 2 aromatic rings. The maximum Gasteiger partial charge on any atom is 0.161 e. The van der Waals surface area contributed by atoms with Gasteiger partial charge >= 0.3 is 0 Å². The Hall–Kier alpha value is -1.97. The molecule has 4 nitrogen and oxygen atoms in total. The monoisotopic (exact) mass is 185 g/mol. The van der Waals surface area contributed by atoms with Crippen LogP contribution < -0.4 is 0 Å². The fourth-order valence-corrected chi connectivity index (χ4v) is 1.68. The summed E-state index contributed by atoms with van der Waals surface area (Å²) in [7, 11) is 0. The molecule has 0 unspecified atom stereocenters. The van der Waals surface area contributed by atoms with Crippen molar-refractivity contribution in [1.29, 1.82) is 0 Å². The van der Waals surface area contributed by atoms with Gasteiger partial charge in [-0.25, -0.2) is 4.98 Å². The molecular formula is C10H7N3O. The van der Waals surface area contributed by atoms with Gasteiger partial charge in [-0.1, -0.05) is 0 Å². The van der Waals surface area contributed by atoms with Crippen LogP contribution in [0.4, 0.5) is 0 Å². The van der Waals surface area contributed by atoms with Crippen molar-refractivity contribution in [2.75, 3.05) is 0 Å². The number of H-pyrrole nitrogens is 1. The lowest BCUT2D eigenvalue weighted by Gasteiger charge is -2.07. The Kier molecular flexibility index (Phi) is 1.33. The number of fused-ring (bicyclic) bond motifs is 3. The SMILES string of the molecule is O=C1C=Cc2c(ncc3[nH]cnc23)C1. The van der Waals surface area contributed by atoms with E-state index in [4.69, 9.17) is 0 Å². The molecule has 0 saturated carbocycles. The largest absolute Gasteiger partial charge is 0.343 e. The van der Waals surface area contributed by atoms with Gasteiger partial charge in [-0.15, -0.1) is 0 Å². The number of allylic oxidation sites excluding steroid dienone is 1. The highest BCUT2D eigenvalue weighted by atomic mass is 16.1. The molecule has 0 amide bonds. The Morgan fingerprint density at radius 1 is 1.29 bits per heavy atom. The summed E-state index contributed by atoms with van der Waals surface area (Å²) in [5.74, 6) is 0.0971. The van der Waals surface area contributed by atoms with Crippen LogP contribution >= 0.6 is 0 Å². The van der Waals surface area contributed by atoms with Crippen LogP contribution in [-0.2, 0) is 11.2 Å². The Balaban J connectivity index is 2.38. The summed E-state index contributed by atoms with van der Waals surface area (Å²) in [6.45, 7) is 0. The number of aromatic nitrogens is 3. The zero-order chi connectivity index (χ0) is 9.54. The van der Waals surface area contributed by atoms with Crippen LogP contribution in [0.1, 0.15) is 11.3 Å². The number of ketones is 1. The molecule has 0 atom stereocenters. The van der Waals surface area contributed by atoms with E-state index < -0.39 is 0 Å². The van der Waals surface area contributed by atoms with Gasteiger partial charge in [-0.2, -0.15) is 0 Å². The molecule has 0 spiro atoms. The summed E-state index contributed by atoms with van der Waals surface area (Å²) in [4.78, 5) is 22.6. The molecule has 0 bridgehead atoms. The summed E-state index contributed by atoms with van der Waals surface area (Å²) in [5.41, 5.74) is 3.57. The number of nitrogens with zero attached hydrogens (tertiary/aromatic N) is 2. The van der Waals surface area contributed by atoms with Crippen molar-refractivity contribution in [3.05, 3.63) is 29.9 Å². The summed E-state index contributed by atoms with van der Waals surface area (Å²) < 4.78 is 0. The summed E-state index contributed by atoms with van der Waals surface area (Å²) >= 11 is 0. The number of carbonyl (C=O) groups is 1. The topological polar surface area (TPSA) is 58.6 Å². The molecule has 4 heteroatoms. The lowest BCUT2D eigenvalue weighted by Crippen LogP contribution is -2.07. The molecule has 0 radical (unpaired) electrons. The van der Waals surface area contributed by atoms with Crippen LogP contribution in [0.25, 0.3) is 17.1 Å². The van der Waals surface area contributed by atoms with Crippen LogP contribution in [0.5, 0.6) is 0 Å². The van der Waals surface area contributed by atoms with Gasteiger partial charge in [0, 0.05) is 5.56 Å². The quantitative estimate of drug-likeness (QED) is 0.668. The zero-order valence-electron chi connectivity index (χ0n) is 7.32. The minimum Gasteiger partial charge on any atom is -0.343 e. The number of pyridine rings is 1. The number of hydrogen-bond acceptors (Lipinski definition) is 3. The van der Waals surface area contributed by atoms with Crippen LogP contribution in [-0.4, -0.2) is 20.7 Å². The highest BCUT2D eigenvalue weighted by Crippen LogP contribution is 2.22. The second-order valence-corrected chi connectivity index (χ2v) is 3.26. The standard InChI is InChI=1S/C10H7N3O/c14-6-1-2-7-8(3-6)11-4-9-10(7)13-5-12-9/h1-2,4-5H,3H2,(H,12,13). The van der Waals surface area contributed by atoms with E-state index >= 15 is 0 Å². The second-order valence-electron chi connectivity index (χ2n) is 3.26. The van der Waals surface area contributed by atoms with E-state index in [0.717, 1.165) is 22.3 Å². The van der Waals surface area contributed by atoms with Crippen molar-refractivity contribution in [2.24, 2.45) is 0 Å². The Bertz CT molecular complexity index is 553. The first kappa shape index (κ1) is 7.44. The predicted octanol–water partition coefficient (Wildman–Crippen LogP) is 1.10. The molecule has 14 heavy (non-hydrogen) atoms. The van der Waals surface area contributed by atoms with Crippen molar-refractivity contribution in [1.82, 2.24) is 15.0 Å². The summed E-state index contributed by atoms with van der Waals surface area (Å²) in [6, 6.07) is 0. The van der Waals surface area contributed by atoms with E-state index in [9.17, 15) is 4.79 Å². The molecule has 1 aliphatic rings. The lowest BCUT2D eigenvalue weighted by molar-refractivity contribution is -0.114. The van der Waals surface area contributed by atoms with Gasteiger partial charge in [0.15, 0.2) is 5.78 Å². The van der Waals surface area contributed by atoms with Crippen molar-refractivity contribution in [2.45, 2.75) is 6.42 Å². The first-order chi connectivity index (χ1) is 6.84. The number of rotatable bonds is 0. The lowest BCUT2D eigenvalue weighted by atomic mass is 10.0. The highest BCUT2D eigenvalue weighted by molar-refractivity contribution is 6.01. The van der Waals surface area contributed by atoms with Crippen molar-refractivity contribution < 1.29 is 4.79 Å². The molecule has 0 fully saturated rings. The number of aromatic amines is 1. The maximum absolute atomic E-state index is 11.1. The second kappa shape index (κ2) is 2.51. The number of imidazole rings is 1. The fraction of sp³-hybridized carbons (Fsp3) is 0.100. The van der Waals surface area contributed by atoms with E-state index in [0.29, 0.717) is 6.42 Å². The van der Waals surface area contributed by atoms with Crippen LogP contribution in [0.3, 0.4) is 0 Å². The Morgan fingerprint density at radius 2 is 2.21 bits per heavy atom. The molecule has 0 aliphatic heterocycles. The van der Waals surface area contributed by atoms with E-state index in [2.05, 4.69) is 15.0 Å². The average Bonchev–Trinajstić information content (AvgIpc) is 2.65. The van der Waals surface area contributed by atoms with Gasteiger partial charge in [0.05, 0.1) is 35.7 Å². The van der Waals surface area contributed by atoms with Gasteiger partial charge in [-0.3, -0.25) is 9.78 Å². The Morgan fingerprint density at radius 3 is 3.14 bits per heavy atom. The maximum atomic E-state index is 11.1. The molecule has 1 aliphatic carbocycles. The molecule has 2 aromatic heterocycles. The van der Waals surface area contributed by atoms with Gasteiger partial charge in [0.2, 0.25) is 0 Å². The minimum atomic E-state index is 0.0971. The first-order valence-corrected chi connectivity index (χ1v) is 4.36. The van der Waals surface area contributed by atoms with Crippen LogP contribution in [0.15, 0.2) is 18.6 Å². The molecule has 2 heterocycles. The van der Waals surface area contributed by atoms with E-state index in [1.165, 1.54) is 0 Å². The van der Waals surface area contributed by atoms with Gasteiger partial charge in [0.25, 0.3) is 0 Å². The third kappa shape index (κ3) is 0.907. The smallest absolute Gasteiger partial charge is 0.161 e. The van der Waals surface area contributed by atoms with Gasteiger partial charge < -0.3 is 4.98 Å². The van der Waals surface area contributed by atoms with E-state index in [1.54, 1.807) is 24.7 Å². The molecular weight excluding hydrogens is 178 g/mol. The number of nitrogens with one attached hydrogen (secondary N) is 1. The molecule has 3 rings (SSSR count). The van der Waals surface area contributed by atoms with Gasteiger partial charge in [0.1, 0.15) is 0 Å². The highest BCUT2D eigenvalue weighted by Gasteiger charge is 2.15. The average molecular weight is 185 g/mol. The zero-order valence-corrected chi connectivity index (χ0v) is 7.32. The normalized spacial score (nSPS) is 14.7. The Labute approximate surface area is 79.7 Å². The van der Waals surface area contributed by atoms with E-state index in [1.807, 2.05) is 0 Å². The van der Waals surface area contributed by atoms with Crippen molar-refractivity contribution in [3.63, 3.8) is 0 Å². The molecule has 68 valence electrons. The number of carbonyl (C=O) groups excluding carboxylic acids is 1. The van der Waals surface area contributed by atoms with Crippen molar-refractivity contribution in [3.8, 4) is 0 Å².